The lowest BCUT2D eigenvalue weighted by Gasteiger charge is -2.07. The summed E-state index contributed by atoms with van der Waals surface area (Å²) in [4.78, 5) is 2.24. The summed E-state index contributed by atoms with van der Waals surface area (Å²) >= 11 is 1.64. The third-order valence-corrected chi connectivity index (χ3v) is 3.79. The summed E-state index contributed by atoms with van der Waals surface area (Å²) < 4.78 is 1.92. The van der Waals surface area contributed by atoms with Gasteiger partial charge >= 0.3 is 0 Å². The van der Waals surface area contributed by atoms with Gasteiger partial charge in [0.25, 0.3) is 0 Å². The predicted molar refractivity (Wildman–Crippen MR) is 70.3 cm³/mol. The SMILES string of the molecule is Cc1ccc(C(O)Cc2ccn(C(C)C)n2)s1. The van der Waals surface area contributed by atoms with Gasteiger partial charge in [0.2, 0.25) is 0 Å². The second kappa shape index (κ2) is 5.02. The molecule has 3 nitrogen and oxygen atoms in total. The number of rotatable bonds is 4. The molecule has 4 heteroatoms. The number of hydrogen-bond acceptors (Lipinski definition) is 3. The van der Waals surface area contributed by atoms with Crippen LogP contribution < -0.4 is 0 Å². The average Bonchev–Trinajstić information content (AvgIpc) is 2.86. The third-order valence-electron chi connectivity index (χ3n) is 2.68. The van der Waals surface area contributed by atoms with Crippen molar-refractivity contribution < 1.29 is 5.11 Å². The topological polar surface area (TPSA) is 38.0 Å². The summed E-state index contributed by atoms with van der Waals surface area (Å²) in [6.45, 7) is 6.24. The lowest BCUT2D eigenvalue weighted by molar-refractivity contribution is 0.180. The zero-order chi connectivity index (χ0) is 12.4. The van der Waals surface area contributed by atoms with Gasteiger partial charge in [0.1, 0.15) is 0 Å². The smallest absolute Gasteiger partial charge is 0.0938 e. The Balaban J connectivity index is 2.05. The number of nitrogens with zero attached hydrogens (tertiary/aromatic N) is 2. The van der Waals surface area contributed by atoms with Gasteiger partial charge in [0, 0.05) is 28.4 Å². The molecule has 0 amide bonds. The first-order valence-corrected chi connectivity index (χ1v) is 6.66. The quantitative estimate of drug-likeness (QED) is 0.905. The summed E-state index contributed by atoms with van der Waals surface area (Å²) in [7, 11) is 0. The van der Waals surface area contributed by atoms with Crippen LogP contribution in [0.3, 0.4) is 0 Å². The van der Waals surface area contributed by atoms with E-state index >= 15 is 0 Å². The fourth-order valence-electron chi connectivity index (χ4n) is 1.71. The van der Waals surface area contributed by atoms with Gasteiger partial charge in [0.05, 0.1) is 11.8 Å². The van der Waals surface area contributed by atoms with Gasteiger partial charge in [-0.15, -0.1) is 11.3 Å². The number of aliphatic hydroxyl groups is 1. The average molecular weight is 250 g/mol. The predicted octanol–water partition coefficient (Wildman–Crippen LogP) is 3.11. The minimum absolute atomic E-state index is 0.366. The van der Waals surface area contributed by atoms with E-state index in [1.165, 1.54) is 4.88 Å². The molecule has 0 saturated heterocycles. The molecule has 0 fully saturated rings. The Morgan fingerprint density at radius 1 is 1.35 bits per heavy atom. The van der Waals surface area contributed by atoms with Crippen LogP contribution in [0.4, 0.5) is 0 Å². The first-order chi connectivity index (χ1) is 8.06. The number of aliphatic hydroxyl groups excluding tert-OH is 1. The first kappa shape index (κ1) is 12.3. The highest BCUT2D eigenvalue weighted by Crippen LogP contribution is 2.25. The summed E-state index contributed by atoms with van der Waals surface area (Å²) in [5.74, 6) is 0. The molecular weight excluding hydrogens is 232 g/mol. The van der Waals surface area contributed by atoms with E-state index in [0.29, 0.717) is 12.5 Å². The molecule has 17 heavy (non-hydrogen) atoms. The highest BCUT2D eigenvalue weighted by Gasteiger charge is 2.12. The van der Waals surface area contributed by atoms with Gasteiger partial charge in [-0.3, -0.25) is 4.68 Å². The second-order valence-corrected chi connectivity index (χ2v) is 5.87. The van der Waals surface area contributed by atoms with Crippen LogP contribution in [0.1, 0.15) is 41.4 Å². The second-order valence-electron chi connectivity index (χ2n) is 4.55. The normalized spacial score (nSPS) is 13.2. The molecule has 1 unspecified atom stereocenters. The van der Waals surface area contributed by atoms with Gasteiger partial charge in [-0.1, -0.05) is 0 Å². The molecule has 2 aromatic rings. The van der Waals surface area contributed by atoms with Crippen molar-refractivity contribution in [1.29, 1.82) is 0 Å². The summed E-state index contributed by atoms with van der Waals surface area (Å²) in [6.07, 6.45) is 2.11. The molecule has 0 aliphatic carbocycles. The van der Waals surface area contributed by atoms with Crippen LogP contribution in [0, 0.1) is 6.92 Å². The Kier molecular flexibility index (Phi) is 3.64. The van der Waals surface area contributed by atoms with Crippen molar-refractivity contribution in [2.75, 3.05) is 0 Å². The Morgan fingerprint density at radius 2 is 2.12 bits per heavy atom. The Bertz CT molecular complexity index is 487. The highest BCUT2D eigenvalue weighted by molar-refractivity contribution is 7.12. The maximum atomic E-state index is 10.1. The van der Waals surface area contributed by atoms with Crippen LogP contribution >= 0.6 is 11.3 Å². The third kappa shape index (κ3) is 2.96. The Hall–Kier alpha value is -1.13. The fraction of sp³-hybridized carbons (Fsp3) is 0.462. The molecule has 2 heterocycles. The Morgan fingerprint density at radius 3 is 2.65 bits per heavy atom. The molecule has 92 valence electrons. The van der Waals surface area contributed by atoms with Crippen molar-refractivity contribution in [3.8, 4) is 0 Å². The van der Waals surface area contributed by atoms with E-state index in [4.69, 9.17) is 0 Å². The number of thiophene rings is 1. The van der Waals surface area contributed by atoms with Crippen LogP contribution in [0.25, 0.3) is 0 Å². The lowest BCUT2D eigenvalue weighted by Crippen LogP contribution is -2.04. The molecule has 0 radical (unpaired) electrons. The molecule has 0 aliphatic rings. The van der Waals surface area contributed by atoms with E-state index in [9.17, 15) is 5.11 Å². The fourth-order valence-corrected chi connectivity index (χ4v) is 2.57. The highest BCUT2D eigenvalue weighted by atomic mass is 32.1. The number of aromatic nitrogens is 2. The summed E-state index contributed by atoms with van der Waals surface area (Å²) in [5.41, 5.74) is 0.942. The van der Waals surface area contributed by atoms with E-state index in [2.05, 4.69) is 18.9 Å². The molecule has 2 rings (SSSR count). The van der Waals surface area contributed by atoms with Gasteiger partial charge in [0.15, 0.2) is 0 Å². The number of aryl methyl sites for hydroxylation is 1. The van der Waals surface area contributed by atoms with E-state index in [1.54, 1.807) is 11.3 Å². The standard InChI is InChI=1S/C13H18N2OS/c1-9(2)15-7-6-11(14-15)8-12(16)13-5-4-10(3)17-13/h4-7,9,12,16H,8H2,1-3H3. The van der Waals surface area contributed by atoms with Crippen LogP contribution in [-0.2, 0) is 6.42 Å². The van der Waals surface area contributed by atoms with Crippen molar-refractivity contribution in [1.82, 2.24) is 9.78 Å². The Labute approximate surface area is 106 Å². The molecule has 0 spiro atoms. The minimum atomic E-state index is -0.441. The zero-order valence-corrected chi connectivity index (χ0v) is 11.2. The molecule has 0 aromatic carbocycles. The summed E-state index contributed by atoms with van der Waals surface area (Å²) in [5, 5.41) is 14.5. The van der Waals surface area contributed by atoms with Crippen LogP contribution in [-0.4, -0.2) is 14.9 Å². The van der Waals surface area contributed by atoms with Crippen molar-refractivity contribution in [2.24, 2.45) is 0 Å². The van der Waals surface area contributed by atoms with Gasteiger partial charge in [-0.25, -0.2) is 0 Å². The maximum Gasteiger partial charge on any atom is 0.0938 e. The molecule has 1 N–H and O–H groups in total. The monoisotopic (exact) mass is 250 g/mol. The molecule has 0 saturated carbocycles. The van der Waals surface area contributed by atoms with E-state index in [-0.39, 0.29) is 0 Å². The maximum absolute atomic E-state index is 10.1. The largest absolute Gasteiger partial charge is 0.387 e. The van der Waals surface area contributed by atoms with Crippen LogP contribution in [0.15, 0.2) is 24.4 Å². The minimum Gasteiger partial charge on any atom is -0.387 e. The van der Waals surface area contributed by atoms with E-state index in [1.807, 2.05) is 36.0 Å². The van der Waals surface area contributed by atoms with Crippen LogP contribution in [0.5, 0.6) is 0 Å². The number of hydrogen-bond donors (Lipinski definition) is 1. The molecule has 1 atom stereocenters. The van der Waals surface area contributed by atoms with E-state index < -0.39 is 6.10 Å². The van der Waals surface area contributed by atoms with Gasteiger partial charge < -0.3 is 5.11 Å². The van der Waals surface area contributed by atoms with Crippen molar-refractivity contribution in [3.63, 3.8) is 0 Å². The van der Waals surface area contributed by atoms with Gasteiger partial charge in [-0.2, -0.15) is 5.10 Å². The molecule has 0 aliphatic heterocycles. The lowest BCUT2D eigenvalue weighted by atomic mass is 10.2. The molecule has 0 bridgehead atoms. The van der Waals surface area contributed by atoms with Crippen molar-refractivity contribution >= 4 is 11.3 Å². The van der Waals surface area contributed by atoms with Crippen molar-refractivity contribution in [2.45, 2.75) is 39.3 Å². The molecule has 2 aromatic heterocycles. The van der Waals surface area contributed by atoms with E-state index in [0.717, 1.165) is 10.6 Å². The zero-order valence-electron chi connectivity index (χ0n) is 10.4. The van der Waals surface area contributed by atoms with Gasteiger partial charge in [-0.05, 0) is 39.0 Å². The van der Waals surface area contributed by atoms with Crippen molar-refractivity contribution in [3.05, 3.63) is 39.8 Å². The first-order valence-electron chi connectivity index (χ1n) is 5.84. The summed E-state index contributed by atoms with van der Waals surface area (Å²) in [6, 6.07) is 6.37. The molecular formula is C13H18N2OS. The van der Waals surface area contributed by atoms with Crippen LogP contribution in [0.2, 0.25) is 0 Å².